The van der Waals surface area contributed by atoms with Crippen molar-refractivity contribution in [1.82, 2.24) is 26.6 Å². The fourth-order valence-electron chi connectivity index (χ4n) is 5.32. The van der Waals surface area contributed by atoms with Gasteiger partial charge in [-0.2, -0.15) is 0 Å². The Labute approximate surface area is 297 Å². The lowest BCUT2D eigenvalue weighted by molar-refractivity contribution is -0.143. The molecule has 14 nitrogen and oxygen atoms in total. The lowest BCUT2D eigenvalue weighted by Gasteiger charge is -2.28. The van der Waals surface area contributed by atoms with Gasteiger partial charge in [-0.3, -0.25) is 24.0 Å². The molecule has 6 atom stereocenters. The predicted molar refractivity (Wildman–Crippen MR) is 192 cm³/mol. The fraction of sp³-hybridized carbons (Fsp3) is 0.667. The van der Waals surface area contributed by atoms with E-state index in [1.807, 2.05) is 71.9 Å². The Balaban J connectivity index is 3.08. The van der Waals surface area contributed by atoms with Gasteiger partial charge in [-0.05, 0) is 81.7 Å². The Morgan fingerprint density at radius 1 is 0.600 bits per heavy atom. The molecule has 0 spiro atoms. The first-order chi connectivity index (χ1) is 23.4. The van der Waals surface area contributed by atoms with Crippen LogP contribution in [-0.2, 0) is 35.2 Å². The average molecular weight is 704 g/mol. The lowest BCUT2D eigenvalue weighted by atomic mass is 9.99. The average Bonchev–Trinajstić information content (AvgIpc) is 3.02. The van der Waals surface area contributed by atoms with Gasteiger partial charge < -0.3 is 43.2 Å². The minimum absolute atomic E-state index is 0.00284. The van der Waals surface area contributed by atoms with Crippen molar-refractivity contribution in [3.8, 4) is 0 Å². The topological polar surface area (TPSA) is 235 Å². The first kappa shape index (κ1) is 44.0. The van der Waals surface area contributed by atoms with Gasteiger partial charge in [-0.1, -0.05) is 71.9 Å². The number of rotatable bonds is 23. The van der Waals surface area contributed by atoms with Crippen molar-refractivity contribution in [3.05, 3.63) is 35.9 Å². The summed E-state index contributed by atoms with van der Waals surface area (Å²) < 4.78 is 0. The van der Waals surface area contributed by atoms with Crippen LogP contribution in [-0.4, -0.2) is 83.4 Å². The quantitative estimate of drug-likeness (QED) is 0.0768. The van der Waals surface area contributed by atoms with Crippen LogP contribution in [0, 0.1) is 17.8 Å². The molecular weight excluding hydrogens is 642 g/mol. The summed E-state index contributed by atoms with van der Waals surface area (Å²) in [6.07, 6.45) is 2.29. The zero-order valence-electron chi connectivity index (χ0n) is 30.8. The van der Waals surface area contributed by atoms with Gasteiger partial charge in [0.25, 0.3) is 0 Å². The molecular formula is C36H61N7O7. The van der Waals surface area contributed by atoms with Crippen LogP contribution in [0.4, 0.5) is 0 Å². The number of unbranched alkanes of at least 4 members (excludes halogenated alkanes) is 1. The number of amides is 5. The molecule has 0 aliphatic rings. The van der Waals surface area contributed by atoms with Crippen molar-refractivity contribution < 1.29 is 33.9 Å². The molecule has 0 aromatic heterocycles. The molecule has 5 amide bonds. The summed E-state index contributed by atoms with van der Waals surface area (Å²) >= 11 is 0. The minimum Gasteiger partial charge on any atom is -0.480 e. The van der Waals surface area contributed by atoms with Crippen molar-refractivity contribution in [1.29, 1.82) is 0 Å². The summed E-state index contributed by atoms with van der Waals surface area (Å²) in [7, 11) is 0. The predicted octanol–water partition coefficient (Wildman–Crippen LogP) is 1.35. The highest BCUT2D eigenvalue weighted by Crippen LogP contribution is 2.12. The van der Waals surface area contributed by atoms with Crippen LogP contribution in [0.1, 0.15) is 92.6 Å². The van der Waals surface area contributed by atoms with Crippen LogP contribution < -0.4 is 38.1 Å². The molecule has 50 heavy (non-hydrogen) atoms. The summed E-state index contributed by atoms with van der Waals surface area (Å²) in [5.74, 6) is -4.18. The maximum atomic E-state index is 13.7. The number of benzene rings is 1. The summed E-state index contributed by atoms with van der Waals surface area (Å²) in [6.45, 7) is 13.1. The number of hydrogen-bond donors (Lipinski definition) is 8. The lowest BCUT2D eigenvalue weighted by Crippen LogP contribution is -2.59. The van der Waals surface area contributed by atoms with Crippen molar-refractivity contribution >= 4 is 35.5 Å². The van der Waals surface area contributed by atoms with Gasteiger partial charge in [0, 0.05) is 0 Å². The van der Waals surface area contributed by atoms with Gasteiger partial charge in [0.15, 0.2) is 0 Å². The number of carboxylic acid groups (broad SMARTS) is 1. The second-order valence-corrected chi connectivity index (χ2v) is 14.3. The van der Waals surface area contributed by atoms with E-state index in [1.165, 1.54) is 6.92 Å². The summed E-state index contributed by atoms with van der Waals surface area (Å²) in [5.41, 5.74) is 12.6. The van der Waals surface area contributed by atoms with Crippen molar-refractivity contribution in [2.45, 2.75) is 130 Å². The molecule has 0 unspecified atom stereocenters. The number of nitrogens with two attached hydrogens (primary N) is 2. The zero-order valence-corrected chi connectivity index (χ0v) is 30.8. The third-order valence-corrected chi connectivity index (χ3v) is 7.97. The van der Waals surface area contributed by atoms with Gasteiger partial charge in [-0.25, -0.2) is 4.79 Å². The van der Waals surface area contributed by atoms with Crippen LogP contribution >= 0.6 is 0 Å². The van der Waals surface area contributed by atoms with E-state index in [0.29, 0.717) is 19.4 Å². The number of carbonyl (C=O) groups is 6. The van der Waals surface area contributed by atoms with Crippen LogP contribution in [0.15, 0.2) is 30.3 Å². The molecule has 0 heterocycles. The van der Waals surface area contributed by atoms with E-state index in [9.17, 15) is 33.9 Å². The van der Waals surface area contributed by atoms with Crippen molar-refractivity contribution in [3.63, 3.8) is 0 Å². The summed E-state index contributed by atoms with van der Waals surface area (Å²) in [6, 6.07) is 3.09. The third-order valence-electron chi connectivity index (χ3n) is 7.97. The molecule has 0 bridgehead atoms. The van der Waals surface area contributed by atoms with Crippen LogP contribution in [0.3, 0.4) is 0 Å². The molecule has 0 aliphatic carbocycles. The molecule has 1 aromatic carbocycles. The maximum absolute atomic E-state index is 13.7. The number of carbonyl (C=O) groups excluding carboxylic acids is 5. The number of hydrogen-bond acceptors (Lipinski definition) is 8. The largest absolute Gasteiger partial charge is 0.480 e. The summed E-state index contributed by atoms with van der Waals surface area (Å²) in [5, 5.41) is 23.0. The molecule has 10 N–H and O–H groups in total. The highest BCUT2D eigenvalue weighted by Gasteiger charge is 2.33. The van der Waals surface area contributed by atoms with Gasteiger partial charge in [0.1, 0.15) is 30.2 Å². The number of nitrogens with one attached hydrogen (secondary N) is 5. The zero-order chi connectivity index (χ0) is 38.0. The third kappa shape index (κ3) is 17.1. The fourth-order valence-corrected chi connectivity index (χ4v) is 5.32. The Morgan fingerprint density at radius 2 is 1.04 bits per heavy atom. The smallest absolute Gasteiger partial charge is 0.326 e. The van der Waals surface area contributed by atoms with E-state index >= 15 is 0 Å². The summed E-state index contributed by atoms with van der Waals surface area (Å²) in [4.78, 5) is 78.3. The van der Waals surface area contributed by atoms with Crippen LogP contribution in [0.2, 0.25) is 0 Å². The van der Waals surface area contributed by atoms with E-state index in [2.05, 4.69) is 26.6 Å². The normalized spacial score (nSPS) is 15.0. The van der Waals surface area contributed by atoms with Crippen LogP contribution in [0.25, 0.3) is 0 Å². The van der Waals surface area contributed by atoms with E-state index in [-0.39, 0.29) is 49.9 Å². The molecule has 1 rings (SSSR count). The second kappa shape index (κ2) is 22.6. The van der Waals surface area contributed by atoms with Crippen LogP contribution in [0.5, 0.6) is 0 Å². The highest BCUT2D eigenvalue weighted by atomic mass is 16.4. The molecule has 14 heteroatoms. The monoisotopic (exact) mass is 703 g/mol. The van der Waals surface area contributed by atoms with Gasteiger partial charge in [0.05, 0.1) is 6.04 Å². The minimum atomic E-state index is -1.17. The van der Waals surface area contributed by atoms with Gasteiger partial charge >= 0.3 is 5.97 Å². The van der Waals surface area contributed by atoms with Crippen molar-refractivity contribution in [2.75, 3.05) is 6.54 Å². The molecule has 0 saturated heterocycles. The highest BCUT2D eigenvalue weighted by molar-refractivity contribution is 5.96. The van der Waals surface area contributed by atoms with E-state index in [0.717, 1.165) is 5.56 Å². The molecule has 1 aromatic rings. The molecule has 0 saturated carbocycles. The first-order valence-corrected chi connectivity index (χ1v) is 17.7. The maximum Gasteiger partial charge on any atom is 0.326 e. The standard InChI is InChI=1S/C36H61N7O7/c1-21(2)17-28(41-31(44)24(7)39-32(45)26(38)20-25-13-9-8-10-14-25)35(48)42-29(18-22(3)4)34(47)40-27(15-11-12-16-37)33(46)43-30(36(49)50)19-23(5)6/h8-10,13-14,21-24,26-30H,11-12,15-20,37-38H2,1-7H3,(H,39,45)(H,40,47)(H,41,44)(H,42,48)(H,43,46)(H,49,50)/t24-,26-,27-,28-,29-,30-/m0/s1. The van der Waals surface area contributed by atoms with Crippen molar-refractivity contribution in [2.24, 2.45) is 29.2 Å². The molecule has 0 fully saturated rings. The van der Waals surface area contributed by atoms with E-state index < -0.39 is 71.8 Å². The number of aliphatic carboxylic acids is 1. The SMILES string of the molecule is CC(C)C[C@H](NC(=O)[C@H](CCCCN)NC(=O)[C@H](CC(C)C)NC(=O)[C@H](CC(C)C)NC(=O)[C@H](C)NC(=O)[C@@H](N)Cc1ccccc1)C(=O)O. The van der Waals surface area contributed by atoms with Gasteiger partial charge in [0.2, 0.25) is 29.5 Å². The Morgan fingerprint density at radius 3 is 1.52 bits per heavy atom. The number of carboxylic acids is 1. The van der Waals surface area contributed by atoms with Gasteiger partial charge in [-0.15, -0.1) is 0 Å². The Kier molecular flexibility index (Phi) is 19.9. The molecule has 282 valence electrons. The first-order valence-electron chi connectivity index (χ1n) is 17.7. The van der Waals surface area contributed by atoms with E-state index in [1.54, 1.807) is 0 Å². The van der Waals surface area contributed by atoms with E-state index in [4.69, 9.17) is 11.5 Å². The Bertz CT molecular complexity index is 1240. The molecule has 0 radical (unpaired) electrons. The second-order valence-electron chi connectivity index (χ2n) is 14.3. The molecule has 0 aliphatic heterocycles. The Hall–Kier alpha value is -4.04.